The minimum absolute atomic E-state index is 0.0155. The molecule has 1 fully saturated rings. The lowest BCUT2D eigenvalue weighted by Crippen LogP contribution is -2.58. The van der Waals surface area contributed by atoms with E-state index in [4.69, 9.17) is 23.7 Å². The van der Waals surface area contributed by atoms with Gasteiger partial charge >= 0.3 is 6.16 Å². The number of sulfone groups is 1. The third-order valence-electron chi connectivity index (χ3n) is 15.0. The van der Waals surface area contributed by atoms with Crippen LogP contribution in [0, 0.1) is 24.0 Å². The number of pyridine rings is 2. The molecule has 1 aromatic carbocycles. The zero-order valence-electron chi connectivity index (χ0n) is 50.7. The van der Waals surface area contributed by atoms with Crippen LogP contribution in [0.2, 0.25) is 0 Å². The molecule has 0 saturated carbocycles. The minimum Gasteiger partial charge on any atom is -0.430 e. The molecule has 3 unspecified atom stereocenters. The number of aryl methyl sites for hydroxylation is 2. The highest BCUT2D eigenvalue weighted by molar-refractivity contribution is 8.72. The average Bonchev–Trinajstić information content (AvgIpc) is 1.59. The molecule has 6 heterocycles. The van der Waals surface area contributed by atoms with Gasteiger partial charge in [0.05, 0.1) is 95.7 Å². The van der Waals surface area contributed by atoms with Gasteiger partial charge in [-0.2, -0.15) is 0 Å². The first-order valence-electron chi connectivity index (χ1n) is 28.5. The van der Waals surface area contributed by atoms with Crippen LogP contribution < -0.4 is 31.7 Å². The standard InChI is InChI=1S/C59H73F2N9O15S4/c1-33-51(86-32-66-33)37-12-10-36(11-13-37)26-65-54(72)45-25-39(85-58(76)84-34(2)35(3)87-89(9,79)80)28-70(45)57(75)52(59(4,5)6)67-46(71)30-83-23-22-82-21-20-81-19-17-63-55(73)47-41-29-69(53-43(61)24-38(60)27-64-53)44-14-16-62-50(48(41)44)49-40(15-18-68(7)56(49)74)42(47)31-88(8,77)78/h10-13,15,18,24,27,29,32,34-35,39,44-45,52,62H,14,16-17,19-23,25-26,28,30-31H2,1-9H3,(H,63,73)(H,65,72)(H,67,71)/t34?,35?,39-,44?,45+,52-/m1/s1. The molecule has 4 amide bonds. The van der Waals surface area contributed by atoms with Gasteiger partial charge < -0.3 is 59.3 Å². The first-order valence-corrected chi connectivity index (χ1v) is 34.8. The fourth-order valence-corrected chi connectivity index (χ4v) is 15.2. The third-order valence-corrected chi connectivity index (χ3v) is 19.8. The van der Waals surface area contributed by atoms with Crippen molar-refractivity contribution in [2.75, 3.05) is 82.4 Å². The van der Waals surface area contributed by atoms with Gasteiger partial charge in [0.2, 0.25) is 17.7 Å². The summed E-state index contributed by atoms with van der Waals surface area (Å²) in [6.45, 7) is 10.0. The van der Waals surface area contributed by atoms with E-state index in [0.717, 1.165) is 40.4 Å². The molecule has 0 spiro atoms. The molecule has 4 aliphatic rings. The summed E-state index contributed by atoms with van der Waals surface area (Å²) >= 11 is 1.51. The number of amides is 4. The Morgan fingerprint density at radius 1 is 0.944 bits per heavy atom. The first kappa shape index (κ1) is 67.8. The van der Waals surface area contributed by atoms with Crippen LogP contribution in [-0.2, 0) is 75.2 Å². The topological polar surface area (TPSA) is 302 Å². The summed E-state index contributed by atoms with van der Waals surface area (Å²) in [6, 6.07) is 6.86. The van der Waals surface area contributed by atoms with E-state index in [1.807, 2.05) is 31.2 Å². The number of nitrogens with one attached hydrogen (secondary N) is 4. The highest BCUT2D eigenvalue weighted by atomic mass is 33.1. The molecule has 4 aromatic rings. The number of nitrogens with zero attached hydrogens (tertiary/aromatic N) is 5. The Labute approximate surface area is 522 Å². The van der Waals surface area contributed by atoms with Crippen LogP contribution in [0.5, 0.6) is 0 Å². The van der Waals surface area contributed by atoms with E-state index in [9.17, 15) is 50.0 Å². The number of halogens is 2. The number of benzene rings is 1. The Bertz CT molecular complexity index is 3740. The summed E-state index contributed by atoms with van der Waals surface area (Å²) in [7, 11) is -5.15. The molecular weight excluding hydrogens is 1240 g/mol. The number of carbonyl (C=O) groups is 5. The molecular formula is C59H73F2N9O15S4. The summed E-state index contributed by atoms with van der Waals surface area (Å²) in [5.74, 6) is -5.21. The molecule has 1 saturated heterocycles. The predicted molar refractivity (Wildman–Crippen MR) is 330 cm³/mol. The van der Waals surface area contributed by atoms with E-state index in [2.05, 4.69) is 31.2 Å². The van der Waals surface area contributed by atoms with Crippen molar-refractivity contribution in [3.05, 3.63) is 122 Å². The Kier molecular flexibility index (Phi) is 22.0. The minimum atomic E-state index is -3.85. The van der Waals surface area contributed by atoms with Crippen molar-refractivity contribution in [2.45, 2.75) is 96.5 Å². The summed E-state index contributed by atoms with van der Waals surface area (Å²) in [6.07, 6.45) is 3.12. The van der Waals surface area contributed by atoms with Gasteiger partial charge in [-0.05, 0) is 71.7 Å². The van der Waals surface area contributed by atoms with Crippen LogP contribution >= 0.6 is 22.1 Å². The lowest BCUT2D eigenvalue weighted by atomic mass is 9.85. The van der Waals surface area contributed by atoms with Gasteiger partial charge in [-0.25, -0.2) is 40.4 Å². The van der Waals surface area contributed by atoms with Crippen LogP contribution in [0.1, 0.15) is 69.8 Å². The van der Waals surface area contributed by atoms with Gasteiger partial charge in [0.25, 0.3) is 11.5 Å². The number of aromatic nitrogens is 3. The summed E-state index contributed by atoms with van der Waals surface area (Å²) in [4.78, 5) is 95.6. The highest BCUT2D eigenvalue weighted by Gasteiger charge is 2.47. The second kappa shape index (κ2) is 28.8. The van der Waals surface area contributed by atoms with Gasteiger partial charge in [0.1, 0.15) is 36.7 Å². The van der Waals surface area contributed by atoms with Crippen molar-refractivity contribution in [1.82, 2.24) is 40.7 Å². The van der Waals surface area contributed by atoms with Gasteiger partial charge in [-0.15, -0.1) is 11.3 Å². The number of hydrogen-bond acceptors (Lipinski definition) is 21. The van der Waals surface area contributed by atoms with E-state index in [1.54, 1.807) is 46.3 Å². The van der Waals surface area contributed by atoms with Crippen molar-refractivity contribution in [3.8, 4) is 10.4 Å². The maximum atomic E-state index is 15.4. The van der Waals surface area contributed by atoms with E-state index < -0.39 is 119 Å². The molecule has 0 bridgehead atoms. The van der Waals surface area contributed by atoms with Gasteiger partial charge in [-0.3, -0.25) is 24.0 Å². The molecule has 24 nitrogen and oxygen atoms in total. The molecule has 30 heteroatoms. The van der Waals surface area contributed by atoms with Crippen molar-refractivity contribution >= 4 is 87.7 Å². The highest BCUT2D eigenvalue weighted by Crippen LogP contribution is 2.47. The molecule has 0 radical (unpaired) electrons. The molecule has 6 atom stereocenters. The smallest absolute Gasteiger partial charge is 0.430 e. The third kappa shape index (κ3) is 17.0. The molecule has 3 aliphatic heterocycles. The van der Waals surface area contributed by atoms with E-state index >= 15 is 4.39 Å². The molecule has 1 aliphatic carbocycles. The number of ether oxygens (including phenoxy) is 5. The Morgan fingerprint density at radius 3 is 2.29 bits per heavy atom. The van der Waals surface area contributed by atoms with Crippen LogP contribution in [0.3, 0.4) is 0 Å². The number of rotatable bonds is 26. The molecule has 8 rings (SSSR count). The van der Waals surface area contributed by atoms with Gasteiger partial charge in [0.15, 0.2) is 30.3 Å². The Balaban J connectivity index is 0.836. The zero-order valence-corrected chi connectivity index (χ0v) is 53.9. The van der Waals surface area contributed by atoms with Crippen molar-refractivity contribution in [2.24, 2.45) is 12.5 Å². The summed E-state index contributed by atoms with van der Waals surface area (Å²) in [5.41, 5.74) is 4.44. The number of anilines is 1. The quantitative estimate of drug-likeness (QED) is 0.0385. The van der Waals surface area contributed by atoms with Crippen molar-refractivity contribution in [1.29, 1.82) is 0 Å². The number of carbonyl (C=O) groups excluding carboxylic acids is 5. The number of fused-ring (bicyclic) bond motifs is 2. The van der Waals surface area contributed by atoms with Crippen LogP contribution in [-0.4, -0.2) is 179 Å². The summed E-state index contributed by atoms with van der Waals surface area (Å²) < 4.78 is 109. The Hall–Kier alpha value is -7.09. The van der Waals surface area contributed by atoms with E-state index in [1.165, 1.54) is 45.0 Å². The predicted octanol–water partition coefficient (Wildman–Crippen LogP) is 4.39. The maximum absolute atomic E-state index is 15.4. The SMILES string of the molecule is Cc1ncsc1-c1ccc(CNC(=O)[C@@H]2C[C@@H](OC(=O)OC(C)C(C)SS(C)(=O)=O)CN2C(=O)[C@@H](NC(=O)COCCOCCOCCNC(=O)C2=C(CS(C)(=O)=O)c3ccn(C)c(=O)c3C3=C4C2=CN(c2ncc(F)cc2F)C4CCN3)C(C)(C)C)cc1. The zero-order chi connectivity index (χ0) is 64.7. The number of thiazole rings is 1. The first-order chi connectivity index (χ1) is 42.0. The van der Waals surface area contributed by atoms with E-state index in [-0.39, 0.29) is 92.8 Å². The number of hydrogen-bond donors (Lipinski definition) is 4. The van der Waals surface area contributed by atoms with Crippen molar-refractivity contribution < 1.29 is 73.3 Å². The van der Waals surface area contributed by atoms with E-state index in [0.29, 0.717) is 41.1 Å². The molecule has 4 N–H and O–H groups in total. The fraction of sp³-hybridized carbons (Fsp3) is 0.492. The van der Waals surface area contributed by atoms with Gasteiger partial charge in [-0.1, -0.05) is 45.0 Å². The van der Waals surface area contributed by atoms with Gasteiger partial charge in [0, 0.05) is 75.2 Å². The lowest BCUT2D eigenvalue weighted by molar-refractivity contribution is -0.144. The van der Waals surface area contributed by atoms with Crippen molar-refractivity contribution in [3.63, 3.8) is 0 Å². The largest absolute Gasteiger partial charge is 0.508 e. The average molecular weight is 1310 g/mol. The number of likely N-dealkylation sites (tertiary alicyclic amines) is 1. The molecule has 482 valence electrons. The second-order valence-corrected chi connectivity index (χ2v) is 30.7. The molecule has 3 aromatic heterocycles. The van der Waals surface area contributed by atoms with Crippen LogP contribution in [0.25, 0.3) is 21.7 Å². The van der Waals surface area contributed by atoms with Crippen LogP contribution in [0.4, 0.5) is 19.4 Å². The fourth-order valence-electron chi connectivity index (χ4n) is 10.7. The maximum Gasteiger partial charge on any atom is 0.508 e. The molecule has 89 heavy (non-hydrogen) atoms. The lowest BCUT2D eigenvalue weighted by Gasteiger charge is -2.35. The Morgan fingerprint density at radius 2 is 1.64 bits per heavy atom. The normalized spacial score (nSPS) is 18.5. The summed E-state index contributed by atoms with van der Waals surface area (Å²) in [5, 5.41) is 11.1. The second-order valence-electron chi connectivity index (χ2n) is 23.0. The monoisotopic (exact) mass is 1310 g/mol. The van der Waals surface area contributed by atoms with Crippen LogP contribution in [0.15, 0.2) is 82.0 Å².